The van der Waals surface area contributed by atoms with Crippen LogP contribution >= 0.6 is 15.9 Å². The first-order valence-electron chi connectivity index (χ1n) is 5.93. The molecule has 3 rings (SSSR count). The van der Waals surface area contributed by atoms with E-state index in [1.807, 2.05) is 18.2 Å². The highest BCUT2D eigenvalue weighted by molar-refractivity contribution is 9.10. The highest BCUT2D eigenvalue weighted by atomic mass is 79.9. The van der Waals surface area contributed by atoms with Crippen LogP contribution in [-0.2, 0) is 0 Å². The van der Waals surface area contributed by atoms with Gasteiger partial charge < -0.3 is 4.98 Å². The van der Waals surface area contributed by atoms with Crippen molar-refractivity contribution in [2.45, 2.75) is 31.6 Å². The molecule has 0 atom stereocenters. The molecular weight excluding hydrogens is 280 g/mol. The van der Waals surface area contributed by atoms with E-state index in [0.717, 1.165) is 21.1 Å². The summed E-state index contributed by atoms with van der Waals surface area (Å²) in [5.74, 6) is 0.488. The Labute approximate surface area is 107 Å². The third-order valence-electron chi connectivity index (χ3n) is 3.48. The Hall–Kier alpha value is -1.16. The summed E-state index contributed by atoms with van der Waals surface area (Å²) in [5.41, 5.74) is 1.62. The zero-order valence-corrected chi connectivity index (χ0v) is 11.0. The molecule has 4 heteroatoms. The van der Waals surface area contributed by atoms with Crippen molar-refractivity contribution in [1.82, 2.24) is 9.97 Å². The zero-order valence-electron chi connectivity index (χ0n) is 9.37. The quantitative estimate of drug-likeness (QED) is 0.876. The molecule has 1 aliphatic carbocycles. The molecule has 1 aromatic carbocycles. The first-order valence-corrected chi connectivity index (χ1v) is 6.73. The van der Waals surface area contributed by atoms with E-state index in [-0.39, 0.29) is 5.69 Å². The minimum Gasteiger partial charge on any atom is -0.309 e. The van der Waals surface area contributed by atoms with Gasteiger partial charge in [0.15, 0.2) is 0 Å². The third-order valence-corrected chi connectivity index (χ3v) is 3.97. The Morgan fingerprint density at radius 3 is 2.82 bits per heavy atom. The molecule has 1 heterocycles. The molecule has 2 aromatic rings. The molecule has 17 heavy (non-hydrogen) atoms. The van der Waals surface area contributed by atoms with Crippen LogP contribution in [-0.4, -0.2) is 9.97 Å². The normalized spacial score (nSPS) is 16.8. The number of H-pyrrole nitrogens is 1. The fourth-order valence-electron chi connectivity index (χ4n) is 2.68. The van der Waals surface area contributed by atoms with E-state index in [0.29, 0.717) is 5.92 Å². The second kappa shape index (κ2) is 4.26. The number of nitrogens with one attached hydrogen (secondary N) is 1. The zero-order chi connectivity index (χ0) is 11.8. The van der Waals surface area contributed by atoms with Crippen molar-refractivity contribution in [2.75, 3.05) is 0 Å². The summed E-state index contributed by atoms with van der Waals surface area (Å²) in [5, 5.41) is 1.07. The Kier molecular flexibility index (Phi) is 2.74. The molecule has 0 saturated heterocycles. The lowest BCUT2D eigenvalue weighted by atomic mass is 9.99. The largest absolute Gasteiger partial charge is 0.345 e. The van der Waals surface area contributed by atoms with Crippen LogP contribution in [0.15, 0.2) is 27.5 Å². The van der Waals surface area contributed by atoms with Gasteiger partial charge >= 0.3 is 5.69 Å². The van der Waals surface area contributed by atoms with Crippen molar-refractivity contribution in [1.29, 1.82) is 0 Å². The van der Waals surface area contributed by atoms with Gasteiger partial charge in [0.25, 0.3) is 0 Å². The number of benzene rings is 1. The molecule has 1 aromatic heterocycles. The Morgan fingerprint density at radius 2 is 2.06 bits per heavy atom. The molecule has 0 spiro atoms. The van der Waals surface area contributed by atoms with E-state index in [9.17, 15) is 4.79 Å². The highest BCUT2D eigenvalue weighted by Gasteiger charge is 2.20. The van der Waals surface area contributed by atoms with Crippen molar-refractivity contribution in [3.8, 4) is 0 Å². The maximum Gasteiger partial charge on any atom is 0.345 e. The number of fused-ring (bicyclic) bond motifs is 1. The van der Waals surface area contributed by atoms with Crippen LogP contribution in [0, 0.1) is 0 Å². The van der Waals surface area contributed by atoms with Crippen molar-refractivity contribution in [3.05, 3.63) is 38.9 Å². The summed E-state index contributed by atoms with van der Waals surface area (Å²) in [6.07, 6.45) is 4.85. The van der Waals surface area contributed by atoms with Gasteiger partial charge in [0.2, 0.25) is 0 Å². The summed E-state index contributed by atoms with van der Waals surface area (Å²) in [7, 11) is 0. The molecule has 0 unspecified atom stereocenters. The van der Waals surface area contributed by atoms with Crippen LogP contribution in [0.25, 0.3) is 10.9 Å². The molecule has 1 fully saturated rings. The molecule has 1 aliphatic rings. The van der Waals surface area contributed by atoms with Crippen LogP contribution in [0.2, 0.25) is 0 Å². The molecule has 0 aliphatic heterocycles. The van der Waals surface area contributed by atoms with Gasteiger partial charge in [-0.1, -0.05) is 28.8 Å². The van der Waals surface area contributed by atoms with Crippen LogP contribution in [0.3, 0.4) is 0 Å². The van der Waals surface area contributed by atoms with Crippen molar-refractivity contribution in [3.63, 3.8) is 0 Å². The molecule has 0 bridgehead atoms. The molecule has 0 amide bonds. The summed E-state index contributed by atoms with van der Waals surface area (Å²) in [6.45, 7) is 0. The van der Waals surface area contributed by atoms with E-state index in [2.05, 4.69) is 25.9 Å². The number of hydrogen-bond donors (Lipinski definition) is 1. The van der Waals surface area contributed by atoms with Gasteiger partial charge in [-0.15, -0.1) is 0 Å². The molecule has 1 saturated carbocycles. The lowest BCUT2D eigenvalue weighted by molar-refractivity contribution is 0.698. The summed E-state index contributed by atoms with van der Waals surface area (Å²) in [6, 6.07) is 5.87. The van der Waals surface area contributed by atoms with Gasteiger partial charge in [-0.3, -0.25) is 0 Å². The summed E-state index contributed by atoms with van der Waals surface area (Å²) < 4.78 is 1.03. The Morgan fingerprint density at radius 1 is 1.29 bits per heavy atom. The lowest BCUT2D eigenvalue weighted by Gasteiger charge is -2.12. The maximum atomic E-state index is 11.6. The molecule has 1 N–H and O–H groups in total. The number of halogens is 1. The van der Waals surface area contributed by atoms with E-state index >= 15 is 0 Å². The minimum atomic E-state index is -0.235. The average molecular weight is 293 g/mol. The average Bonchev–Trinajstić information content (AvgIpc) is 2.82. The lowest BCUT2D eigenvalue weighted by Crippen LogP contribution is -2.14. The van der Waals surface area contributed by atoms with Crippen molar-refractivity contribution < 1.29 is 0 Å². The van der Waals surface area contributed by atoms with E-state index in [1.165, 1.54) is 25.7 Å². The fourth-order valence-corrected chi connectivity index (χ4v) is 3.04. The number of aromatic amines is 1. The van der Waals surface area contributed by atoms with Crippen LogP contribution in [0.5, 0.6) is 0 Å². The first-order chi connectivity index (χ1) is 8.24. The van der Waals surface area contributed by atoms with Crippen LogP contribution < -0.4 is 5.69 Å². The molecule has 3 nitrogen and oxygen atoms in total. The van der Waals surface area contributed by atoms with Crippen molar-refractivity contribution >= 4 is 26.8 Å². The maximum absolute atomic E-state index is 11.6. The molecule has 88 valence electrons. The predicted molar refractivity (Wildman–Crippen MR) is 71.3 cm³/mol. The van der Waals surface area contributed by atoms with E-state index in [1.54, 1.807) is 0 Å². The second-order valence-electron chi connectivity index (χ2n) is 4.60. The van der Waals surface area contributed by atoms with Gasteiger partial charge in [0, 0.05) is 15.6 Å². The van der Waals surface area contributed by atoms with Crippen LogP contribution in [0.1, 0.15) is 37.3 Å². The Bertz CT molecular complexity index is 614. The first kappa shape index (κ1) is 11.0. The number of aromatic nitrogens is 2. The highest BCUT2D eigenvalue weighted by Crippen LogP contribution is 2.35. The monoisotopic (exact) mass is 292 g/mol. The van der Waals surface area contributed by atoms with Gasteiger partial charge in [-0.2, -0.15) is 4.98 Å². The van der Waals surface area contributed by atoms with Gasteiger partial charge in [0.05, 0.1) is 5.52 Å². The fraction of sp³-hybridized carbons (Fsp3) is 0.385. The standard InChI is InChI=1S/C13H13BrN2O/c14-9-5-6-11-10(7-9)12(16-13(17)15-11)8-3-1-2-4-8/h5-8H,1-4H2,(H,15,16,17). The minimum absolute atomic E-state index is 0.235. The Balaban J connectivity index is 2.27. The van der Waals surface area contributed by atoms with E-state index in [4.69, 9.17) is 0 Å². The van der Waals surface area contributed by atoms with E-state index < -0.39 is 0 Å². The SMILES string of the molecule is O=c1nc2ccc(Br)cc2c(C2CCCC2)[nH]1. The second-order valence-corrected chi connectivity index (χ2v) is 5.51. The predicted octanol–water partition coefficient (Wildman–Crippen LogP) is 3.34. The number of hydrogen-bond acceptors (Lipinski definition) is 2. The molecule has 0 radical (unpaired) electrons. The smallest absolute Gasteiger partial charge is 0.309 e. The van der Waals surface area contributed by atoms with Gasteiger partial charge in [-0.05, 0) is 37.0 Å². The van der Waals surface area contributed by atoms with Crippen molar-refractivity contribution in [2.24, 2.45) is 0 Å². The van der Waals surface area contributed by atoms with Gasteiger partial charge in [-0.25, -0.2) is 4.79 Å². The number of nitrogens with zero attached hydrogens (tertiary/aromatic N) is 1. The molecular formula is C13H13BrN2O. The summed E-state index contributed by atoms with van der Waals surface area (Å²) in [4.78, 5) is 18.5. The summed E-state index contributed by atoms with van der Waals surface area (Å²) >= 11 is 3.47. The topological polar surface area (TPSA) is 45.8 Å². The third kappa shape index (κ3) is 2.02. The van der Waals surface area contributed by atoms with Gasteiger partial charge in [0.1, 0.15) is 0 Å². The number of rotatable bonds is 1. The van der Waals surface area contributed by atoms with Crippen LogP contribution in [0.4, 0.5) is 0 Å².